The first-order valence-corrected chi connectivity index (χ1v) is 7.53. The van der Waals surface area contributed by atoms with Crippen LogP contribution in [0.15, 0.2) is 35.9 Å². The summed E-state index contributed by atoms with van der Waals surface area (Å²) >= 11 is 0. The number of anilines is 1. The predicted octanol–water partition coefficient (Wildman–Crippen LogP) is 1.53. The fourth-order valence-electron chi connectivity index (χ4n) is 2.79. The van der Waals surface area contributed by atoms with Gasteiger partial charge in [0.25, 0.3) is 11.8 Å². The van der Waals surface area contributed by atoms with Gasteiger partial charge in [0.2, 0.25) is 5.60 Å². The molecule has 0 aromatic heterocycles. The summed E-state index contributed by atoms with van der Waals surface area (Å²) in [6.07, 6.45) is 0.572. The van der Waals surface area contributed by atoms with Crippen molar-refractivity contribution in [2.75, 3.05) is 11.9 Å². The van der Waals surface area contributed by atoms with Crippen LogP contribution in [0.25, 0.3) is 0 Å². The molecule has 0 saturated heterocycles. The van der Waals surface area contributed by atoms with E-state index in [1.54, 1.807) is 45.0 Å². The van der Waals surface area contributed by atoms with Gasteiger partial charge in [-0.2, -0.15) is 0 Å². The molecule has 0 bridgehead atoms. The zero-order valence-electron chi connectivity index (χ0n) is 13.6. The molecule has 126 valence electrons. The van der Waals surface area contributed by atoms with E-state index in [9.17, 15) is 19.5 Å². The van der Waals surface area contributed by atoms with Gasteiger partial charge in [0.1, 0.15) is 5.60 Å². The third-order valence-electron chi connectivity index (χ3n) is 3.85. The van der Waals surface area contributed by atoms with Gasteiger partial charge >= 0.3 is 6.09 Å². The van der Waals surface area contributed by atoms with Crippen LogP contribution in [-0.4, -0.2) is 40.1 Å². The third-order valence-corrected chi connectivity index (χ3v) is 3.85. The van der Waals surface area contributed by atoms with Crippen LogP contribution in [0.4, 0.5) is 10.5 Å². The van der Waals surface area contributed by atoms with Gasteiger partial charge in [-0.3, -0.25) is 9.59 Å². The molecule has 1 atom stereocenters. The number of fused-ring (bicyclic) bond motifs is 1. The summed E-state index contributed by atoms with van der Waals surface area (Å²) in [5.41, 5.74) is -2.27. The molecule has 1 aromatic rings. The Labute approximate surface area is 138 Å². The number of hydrogen-bond acceptors (Lipinski definition) is 5. The van der Waals surface area contributed by atoms with Crippen LogP contribution in [0, 0.1) is 0 Å². The monoisotopic (exact) mass is 330 g/mol. The highest BCUT2D eigenvalue weighted by molar-refractivity contribution is 6.16. The second kappa shape index (κ2) is 5.17. The molecule has 24 heavy (non-hydrogen) atoms. The molecule has 2 aliphatic rings. The van der Waals surface area contributed by atoms with Crippen LogP contribution >= 0.6 is 0 Å². The molecule has 0 radical (unpaired) electrons. The molecule has 1 aromatic carbocycles. The Kier molecular flexibility index (Phi) is 3.49. The summed E-state index contributed by atoms with van der Waals surface area (Å²) in [7, 11) is 0. The molecular weight excluding hydrogens is 312 g/mol. The Bertz CT molecular complexity index is 777. The summed E-state index contributed by atoms with van der Waals surface area (Å²) in [5.74, 6) is -1.45. The zero-order chi connectivity index (χ0) is 17.7. The number of hydrogen-bond donors (Lipinski definition) is 2. The van der Waals surface area contributed by atoms with Gasteiger partial charge in [0, 0.05) is 11.3 Å². The van der Waals surface area contributed by atoms with Gasteiger partial charge in [0.05, 0.1) is 12.1 Å². The Morgan fingerprint density at radius 1 is 1.29 bits per heavy atom. The zero-order valence-corrected chi connectivity index (χ0v) is 13.6. The summed E-state index contributed by atoms with van der Waals surface area (Å²) < 4.78 is 5.18. The number of ether oxygens (including phenoxy) is 1. The number of benzene rings is 1. The highest BCUT2D eigenvalue weighted by Crippen LogP contribution is 2.42. The van der Waals surface area contributed by atoms with E-state index in [-0.39, 0.29) is 12.1 Å². The number of imide groups is 1. The normalized spacial score (nSPS) is 23.0. The van der Waals surface area contributed by atoms with Crippen LogP contribution in [0.2, 0.25) is 0 Å². The smallest absolute Gasteiger partial charge is 0.417 e. The van der Waals surface area contributed by atoms with Crippen LogP contribution in [0.3, 0.4) is 0 Å². The molecule has 2 aliphatic heterocycles. The van der Waals surface area contributed by atoms with E-state index >= 15 is 0 Å². The summed E-state index contributed by atoms with van der Waals surface area (Å²) in [5, 5.41) is 13.5. The fourth-order valence-corrected chi connectivity index (χ4v) is 2.79. The first kappa shape index (κ1) is 16.2. The Hall–Kier alpha value is -2.67. The minimum absolute atomic E-state index is 0.0547. The maximum Gasteiger partial charge on any atom is 0.417 e. The molecule has 0 spiro atoms. The topological polar surface area (TPSA) is 95.9 Å². The van der Waals surface area contributed by atoms with Crippen LogP contribution in [0.5, 0.6) is 0 Å². The van der Waals surface area contributed by atoms with Gasteiger partial charge in [-0.25, -0.2) is 9.69 Å². The Morgan fingerprint density at radius 3 is 2.62 bits per heavy atom. The van der Waals surface area contributed by atoms with Crippen molar-refractivity contribution in [3.8, 4) is 0 Å². The van der Waals surface area contributed by atoms with Crippen molar-refractivity contribution < 1.29 is 24.2 Å². The quantitative estimate of drug-likeness (QED) is 0.814. The lowest BCUT2D eigenvalue weighted by Gasteiger charge is -2.25. The summed E-state index contributed by atoms with van der Waals surface area (Å²) in [4.78, 5) is 37.9. The molecule has 1 unspecified atom stereocenters. The van der Waals surface area contributed by atoms with Crippen molar-refractivity contribution in [1.82, 2.24) is 4.90 Å². The highest BCUT2D eigenvalue weighted by atomic mass is 16.6. The third kappa shape index (κ3) is 2.37. The van der Waals surface area contributed by atoms with Crippen molar-refractivity contribution in [2.45, 2.75) is 32.0 Å². The lowest BCUT2D eigenvalue weighted by molar-refractivity contribution is -0.136. The average molecular weight is 330 g/mol. The van der Waals surface area contributed by atoms with Gasteiger partial charge in [0.15, 0.2) is 0 Å². The Balaban J connectivity index is 1.91. The van der Waals surface area contributed by atoms with Gasteiger partial charge in [-0.1, -0.05) is 24.3 Å². The second-order valence-electron chi connectivity index (χ2n) is 6.72. The van der Waals surface area contributed by atoms with Crippen LogP contribution < -0.4 is 5.32 Å². The van der Waals surface area contributed by atoms with E-state index in [4.69, 9.17) is 4.74 Å². The molecule has 2 heterocycles. The van der Waals surface area contributed by atoms with E-state index in [2.05, 4.69) is 5.32 Å². The molecule has 3 rings (SSSR count). The minimum Gasteiger partial charge on any atom is -0.443 e. The number of aliphatic hydroxyl groups is 1. The average Bonchev–Trinajstić information content (AvgIpc) is 2.98. The van der Waals surface area contributed by atoms with Crippen molar-refractivity contribution in [3.63, 3.8) is 0 Å². The molecule has 7 heteroatoms. The van der Waals surface area contributed by atoms with E-state index < -0.39 is 29.1 Å². The first-order valence-electron chi connectivity index (χ1n) is 7.53. The van der Waals surface area contributed by atoms with Gasteiger partial charge in [-0.05, 0) is 26.8 Å². The second-order valence-corrected chi connectivity index (χ2v) is 6.72. The van der Waals surface area contributed by atoms with Crippen molar-refractivity contribution in [1.29, 1.82) is 0 Å². The predicted molar refractivity (Wildman–Crippen MR) is 85.0 cm³/mol. The van der Waals surface area contributed by atoms with Crippen molar-refractivity contribution >= 4 is 23.6 Å². The van der Waals surface area contributed by atoms with Gasteiger partial charge in [-0.15, -0.1) is 0 Å². The summed E-state index contributed by atoms with van der Waals surface area (Å²) in [6, 6.07) is 6.58. The van der Waals surface area contributed by atoms with Crippen molar-refractivity contribution in [2.24, 2.45) is 0 Å². The van der Waals surface area contributed by atoms with Gasteiger partial charge < -0.3 is 15.2 Å². The van der Waals surface area contributed by atoms with E-state index in [1.807, 2.05) is 0 Å². The molecule has 0 fully saturated rings. The number of carbonyl (C=O) groups is 3. The van der Waals surface area contributed by atoms with Crippen LogP contribution in [0.1, 0.15) is 26.3 Å². The minimum atomic E-state index is -2.11. The molecule has 7 nitrogen and oxygen atoms in total. The number of para-hydroxylation sites is 1. The summed E-state index contributed by atoms with van der Waals surface area (Å²) in [6.45, 7) is 5.01. The van der Waals surface area contributed by atoms with Crippen molar-refractivity contribution in [3.05, 3.63) is 41.5 Å². The first-order chi connectivity index (χ1) is 11.1. The number of nitrogens with zero attached hydrogens (tertiary/aromatic N) is 1. The maximum atomic E-state index is 12.6. The number of carbonyl (C=O) groups excluding carboxylic acids is 3. The highest BCUT2D eigenvalue weighted by Gasteiger charge is 2.53. The number of rotatable bonds is 1. The SMILES string of the molecule is CC(C)(C)OC(=O)N1CC=C(C2(O)C(=O)Nc3ccccc32)C1=O. The lowest BCUT2D eigenvalue weighted by atomic mass is 9.87. The molecule has 3 amide bonds. The number of amides is 3. The van der Waals surface area contributed by atoms with Crippen LogP contribution in [-0.2, 0) is 19.9 Å². The molecule has 0 aliphatic carbocycles. The van der Waals surface area contributed by atoms with E-state index in [1.165, 1.54) is 6.08 Å². The molecule has 0 saturated carbocycles. The largest absolute Gasteiger partial charge is 0.443 e. The number of nitrogens with one attached hydrogen (secondary N) is 1. The maximum absolute atomic E-state index is 12.6. The molecular formula is C17H18N2O5. The fraction of sp³-hybridized carbons (Fsp3) is 0.353. The molecule has 2 N–H and O–H groups in total. The van der Waals surface area contributed by atoms with E-state index in [0.29, 0.717) is 11.3 Å². The lowest BCUT2D eigenvalue weighted by Crippen LogP contribution is -2.44. The van der Waals surface area contributed by atoms with E-state index in [0.717, 1.165) is 4.90 Å². The standard InChI is InChI=1S/C17H18N2O5/c1-16(2,3)24-15(22)19-9-8-11(13(19)20)17(23)10-6-4-5-7-12(10)18-14(17)21/h4-8,23H,9H2,1-3H3,(H,18,21). The Morgan fingerprint density at radius 2 is 1.96 bits per heavy atom.